The molecule has 0 fully saturated rings. The van der Waals surface area contributed by atoms with Crippen molar-refractivity contribution >= 4 is 35.3 Å². The van der Waals surface area contributed by atoms with Crippen molar-refractivity contribution in [2.75, 3.05) is 43.6 Å². The van der Waals surface area contributed by atoms with E-state index in [1.807, 2.05) is 86.7 Å². The highest BCUT2D eigenvalue weighted by molar-refractivity contribution is 5.92. The maximum Gasteiger partial charge on any atom is 0.244 e. The Labute approximate surface area is 297 Å². The molecule has 7 nitrogen and oxygen atoms in total. The molecule has 2 aliphatic heterocycles. The van der Waals surface area contributed by atoms with Gasteiger partial charge in [-0.1, -0.05) is 84.9 Å². The van der Waals surface area contributed by atoms with E-state index in [0.29, 0.717) is 0 Å². The van der Waals surface area contributed by atoms with Crippen molar-refractivity contribution in [2.45, 2.75) is 51.6 Å². The van der Waals surface area contributed by atoms with Gasteiger partial charge in [0.05, 0.1) is 18.7 Å². The lowest BCUT2D eigenvalue weighted by Gasteiger charge is -2.32. The second-order valence-electron chi connectivity index (χ2n) is 12.9. The largest absolute Gasteiger partial charge is 0.385 e. The van der Waals surface area contributed by atoms with E-state index >= 15 is 0 Å². The van der Waals surface area contributed by atoms with Crippen LogP contribution in [0.1, 0.15) is 72.2 Å². The van der Waals surface area contributed by atoms with Crippen LogP contribution in [0.3, 0.4) is 0 Å². The number of nitrogens with zero attached hydrogens (tertiary/aromatic N) is 1. The molecular formula is C43H50N4O3. The maximum absolute atomic E-state index is 12.3. The second-order valence-corrected chi connectivity index (χ2v) is 12.9. The van der Waals surface area contributed by atoms with Gasteiger partial charge in [-0.2, -0.15) is 0 Å². The van der Waals surface area contributed by atoms with E-state index in [4.69, 9.17) is 4.74 Å². The summed E-state index contributed by atoms with van der Waals surface area (Å²) in [4.78, 5) is 26.7. The zero-order valence-electron chi connectivity index (χ0n) is 29.5. The molecule has 2 aliphatic rings. The number of hydrogen-bond donors (Lipinski definition) is 3. The van der Waals surface area contributed by atoms with E-state index in [1.165, 1.54) is 35.3 Å². The molecule has 0 aromatic heterocycles. The zero-order valence-corrected chi connectivity index (χ0v) is 29.5. The molecule has 4 aromatic carbocycles. The Hall–Kier alpha value is -5.14. The molecule has 6 rings (SSSR count). The van der Waals surface area contributed by atoms with Crippen molar-refractivity contribution in [3.05, 3.63) is 143 Å². The summed E-state index contributed by atoms with van der Waals surface area (Å²) in [5.41, 5.74) is 9.51. The van der Waals surface area contributed by atoms with Crippen LogP contribution in [-0.4, -0.2) is 45.2 Å². The monoisotopic (exact) mass is 670 g/mol. The number of fused-ring (bicyclic) bond motifs is 2. The number of aryl methyl sites for hydroxylation is 2. The Morgan fingerprint density at radius 2 is 1.32 bits per heavy atom. The van der Waals surface area contributed by atoms with Crippen LogP contribution >= 0.6 is 0 Å². The average molecular weight is 671 g/mol. The van der Waals surface area contributed by atoms with E-state index in [0.717, 1.165) is 61.3 Å². The number of methoxy groups -OCH3 is 1. The molecule has 0 aliphatic carbocycles. The normalized spacial score (nSPS) is 14.8. The molecule has 0 bridgehead atoms. The van der Waals surface area contributed by atoms with Crippen LogP contribution in [0.25, 0.3) is 12.2 Å². The summed E-state index contributed by atoms with van der Waals surface area (Å²) in [6.07, 6.45) is 11.4. The standard InChI is InChI=1S/C23H28N2O2.C20H22N2O/c1-18(24-23(26)13-10-19-7-4-3-5-8-19)21-12-11-20-9-6-14-25(15-16-27-2)22(20)17-21;1-15(18-11-10-17-8-5-13-21-19(17)14-18)22-20(23)12-9-16-6-3-2-4-7-16/h3-5,7-8,10-13,17-18H,6,9,14-16H2,1-2H3,(H,24,26);2-4,6-7,9-12,14-15,21H,5,8,13H2,1H3,(H,22,23)/b13-10+;12-9+. The Balaban J connectivity index is 0.000000197. The number of anilines is 2. The molecule has 0 spiro atoms. The maximum atomic E-state index is 12.3. The Kier molecular flexibility index (Phi) is 13.4. The SMILES string of the molecule is CC(NC(=O)/C=C/c1ccccc1)c1ccc2c(c1)NCCC2.COCCN1CCCc2ccc(C(C)NC(=O)/C=C/c3ccccc3)cc21. The number of benzene rings is 4. The molecule has 2 amide bonds. The predicted octanol–water partition coefficient (Wildman–Crippen LogP) is 7.91. The van der Waals surface area contributed by atoms with Crippen LogP contribution in [0, 0.1) is 0 Å². The molecular weight excluding hydrogens is 620 g/mol. The van der Waals surface area contributed by atoms with Crippen LogP contribution < -0.4 is 20.9 Å². The average Bonchev–Trinajstić information content (AvgIpc) is 3.16. The topological polar surface area (TPSA) is 82.7 Å². The van der Waals surface area contributed by atoms with Gasteiger partial charge in [0.25, 0.3) is 0 Å². The number of rotatable bonds is 11. The van der Waals surface area contributed by atoms with Crippen LogP contribution in [0.15, 0.2) is 109 Å². The minimum absolute atomic E-state index is 0.0167. The van der Waals surface area contributed by atoms with Crippen molar-refractivity contribution in [3.63, 3.8) is 0 Å². The Morgan fingerprint density at radius 1 is 0.760 bits per heavy atom. The van der Waals surface area contributed by atoms with Gasteiger partial charge in [-0.05, 0) is 97.2 Å². The quantitative estimate of drug-likeness (QED) is 0.141. The molecule has 0 saturated carbocycles. The number of nitrogens with one attached hydrogen (secondary N) is 3. The third-order valence-electron chi connectivity index (χ3n) is 9.13. The van der Waals surface area contributed by atoms with Crippen LogP contribution in [-0.2, 0) is 27.2 Å². The molecule has 4 aromatic rings. The highest BCUT2D eigenvalue weighted by atomic mass is 16.5. The Bertz CT molecular complexity index is 1750. The highest BCUT2D eigenvalue weighted by Gasteiger charge is 2.19. The smallest absolute Gasteiger partial charge is 0.244 e. The fraction of sp³-hybridized carbons (Fsp3) is 0.302. The molecule has 0 saturated heterocycles. The molecule has 0 radical (unpaired) electrons. The summed E-state index contributed by atoms with van der Waals surface area (Å²) < 4.78 is 5.25. The van der Waals surface area contributed by atoms with E-state index in [2.05, 4.69) is 57.2 Å². The van der Waals surface area contributed by atoms with E-state index in [9.17, 15) is 9.59 Å². The lowest BCUT2D eigenvalue weighted by atomic mass is 9.97. The van der Waals surface area contributed by atoms with Crippen molar-refractivity contribution in [3.8, 4) is 0 Å². The van der Waals surface area contributed by atoms with Gasteiger partial charge in [0.15, 0.2) is 0 Å². The van der Waals surface area contributed by atoms with Crippen LogP contribution in [0.2, 0.25) is 0 Å². The van der Waals surface area contributed by atoms with Gasteiger partial charge < -0.3 is 25.6 Å². The number of hydrogen-bond acceptors (Lipinski definition) is 5. The van der Waals surface area contributed by atoms with E-state index in [1.54, 1.807) is 19.3 Å². The molecule has 260 valence electrons. The van der Waals surface area contributed by atoms with Gasteiger partial charge in [0.2, 0.25) is 11.8 Å². The minimum atomic E-state index is -0.0830. The molecule has 2 atom stereocenters. The third-order valence-corrected chi connectivity index (χ3v) is 9.13. The first-order chi connectivity index (χ1) is 24.4. The van der Waals surface area contributed by atoms with Gasteiger partial charge in [0, 0.05) is 50.3 Å². The summed E-state index contributed by atoms with van der Waals surface area (Å²) in [5, 5.41) is 9.51. The van der Waals surface area contributed by atoms with E-state index < -0.39 is 0 Å². The molecule has 50 heavy (non-hydrogen) atoms. The van der Waals surface area contributed by atoms with Gasteiger partial charge in [-0.15, -0.1) is 0 Å². The number of carbonyl (C=O) groups is 2. The molecule has 2 unspecified atom stereocenters. The zero-order chi connectivity index (χ0) is 35.1. The molecule has 3 N–H and O–H groups in total. The van der Waals surface area contributed by atoms with Crippen molar-refractivity contribution in [1.29, 1.82) is 0 Å². The summed E-state index contributed by atoms with van der Waals surface area (Å²) >= 11 is 0. The van der Waals surface area contributed by atoms with Gasteiger partial charge in [-0.25, -0.2) is 0 Å². The summed E-state index contributed by atoms with van der Waals surface area (Å²) in [6.45, 7) is 7.74. The second kappa shape index (κ2) is 18.6. The first kappa shape index (κ1) is 36.1. The first-order valence-corrected chi connectivity index (χ1v) is 17.7. The molecule has 2 heterocycles. The summed E-state index contributed by atoms with van der Waals surface area (Å²) in [5.74, 6) is -0.160. The van der Waals surface area contributed by atoms with Crippen molar-refractivity contribution < 1.29 is 14.3 Å². The lowest BCUT2D eigenvalue weighted by molar-refractivity contribution is -0.117. The van der Waals surface area contributed by atoms with Gasteiger partial charge in [-0.3, -0.25) is 9.59 Å². The van der Waals surface area contributed by atoms with Gasteiger partial charge in [0.1, 0.15) is 0 Å². The predicted molar refractivity (Wildman–Crippen MR) is 206 cm³/mol. The third kappa shape index (κ3) is 10.7. The number of amides is 2. The summed E-state index contributed by atoms with van der Waals surface area (Å²) in [7, 11) is 1.74. The Morgan fingerprint density at radius 3 is 1.92 bits per heavy atom. The van der Waals surface area contributed by atoms with Crippen LogP contribution in [0.5, 0.6) is 0 Å². The molecule has 7 heteroatoms. The lowest BCUT2D eigenvalue weighted by Crippen LogP contribution is -2.32. The van der Waals surface area contributed by atoms with Crippen molar-refractivity contribution in [2.24, 2.45) is 0 Å². The summed E-state index contributed by atoms with van der Waals surface area (Å²) in [6, 6.07) is 32.6. The minimum Gasteiger partial charge on any atom is -0.385 e. The number of ether oxygens (including phenoxy) is 1. The number of carbonyl (C=O) groups excluding carboxylic acids is 2. The fourth-order valence-corrected chi connectivity index (χ4v) is 6.28. The van der Waals surface area contributed by atoms with E-state index in [-0.39, 0.29) is 23.9 Å². The van der Waals surface area contributed by atoms with Crippen molar-refractivity contribution in [1.82, 2.24) is 10.6 Å². The fourth-order valence-electron chi connectivity index (χ4n) is 6.28. The van der Waals surface area contributed by atoms with Crippen LogP contribution in [0.4, 0.5) is 11.4 Å². The van der Waals surface area contributed by atoms with Gasteiger partial charge >= 0.3 is 0 Å². The first-order valence-electron chi connectivity index (χ1n) is 17.7. The highest BCUT2D eigenvalue weighted by Crippen LogP contribution is 2.30.